The first kappa shape index (κ1) is 18.0. The summed E-state index contributed by atoms with van der Waals surface area (Å²) in [7, 11) is 3.22. The standard InChI is InChI=1S/C19H28N2O4/c1-14-17(23-2)11-15(12-18(14)24-3)19(22)21-8-6-20(7-9-21)13-16-5-4-10-25-16/h11-12,16H,4-10,13H2,1-3H3. The van der Waals surface area contributed by atoms with E-state index in [0.717, 1.165) is 51.3 Å². The lowest BCUT2D eigenvalue weighted by atomic mass is 10.1. The fourth-order valence-corrected chi connectivity index (χ4v) is 3.60. The maximum Gasteiger partial charge on any atom is 0.254 e. The summed E-state index contributed by atoms with van der Waals surface area (Å²) in [5.74, 6) is 1.40. The molecule has 2 aliphatic heterocycles. The zero-order valence-corrected chi connectivity index (χ0v) is 15.4. The molecule has 0 bridgehead atoms. The van der Waals surface area contributed by atoms with E-state index in [0.29, 0.717) is 23.2 Å². The van der Waals surface area contributed by atoms with Crippen LogP contribution in [0.1, 0.15) is 28.8 Å². The second kappa shape index (κ2) is 8.06. The highest BCUT2D eigenvalue weighted by Gasteiger charge is 2.26. The molecule has 6 nitrogen and oxygen atoms in total. The highest BCUT2D eigenvalue weighted by atomic mass is 16.5. The Hall–Kier alpha value is -1.79. The van der Waals surface area contributed by atoms with E-state index >= 15 is 0 Å². The minimum Gasteiger partial charge on any atom is -0.496 e. The number of hydrogen-bond donors (Lipinski definition) is 0. The van der Waals surface area contributed by atoms with Gasteiger partial charge in [-0.1, -0.05) is 0 Å². The van der Waals surface area contributed by atoms with E-state index in [9.17, 15) is 4.79 Å². The van der Waals surface area contributed by atoms with Gasteiger partial charge in [-0.15, -0.1) is 0 Å². The summed E-state index contributed by atoms with van der Waals surface area (Å²) in [6.45, 7) is 7.07. The third-order valence-electron chi connectivity index (χ3n) is 5.14. The van der Waals surface area contributed by atoms with E-state index in [4.69, 9.17) is 14.2 Å². The van der Waals surface area contributed by atoms with Crippen molar-refractivity contribution in [1.29, 1.82) is 0 Å². The van der Waals surface area contributed by atoms with Gasteiger partial charge in [0.15, 0.2) is 0 Å². The van der Waals surface area contributed by atoms with Gasteiger partial charge >= 0.3 is 0 Å². The van der Waals surface area contributed by atoms with Crippen LogP contribution in [0.5, 0.6) is 11.5 Å². The van der Waals surface area contributed by atoms with E-state index in [1.807, 2.05) is 11.8 Å². The van der Waals surface area contributed by atoms with E-state index in [1.165, 1.54) is 6.42 Å². The molecule has 1 atom stereocenters. The lowest BCUT2D eigenvalue weighted by Gasteiger charge is -2.35. The van der Waals surface area contributed by atoms with Crippen molar-refractivity contribution in [3.05, 3.63) is 23.3 Å². The summed E-state index contributed by atoms with van der Waals surface area (Å²) in [5, 5.41) is 0. The van der Waals surface area contributed by atoms with Crippen molar-refractivity contribution in [3.63, 3.8) is 0 Å². The molecule has 138 valence electrons. The van der Waals surface area contributed by atoms with Crippen LogP contribution in [0.15, 0.2) is 12.1 Å². The molecule has 0 saturated carbocycles. The third-order valence-corrected chi connectivity index (χ3v) is 5.14. The van der Waals surface area contributed by atoms with Gasteiger partial charge < -0.3 is 19.1 Å². The van der Waals surface area contributed by atoms with Crippen molar-refractivity contribution in [2.75, 3.05) is 53.6 Å². The van der Waals surface area contributed by atoms with E-state index in [2.05, 4.69) is 4.90 Å². The lowest BCUT2D eigenvalue weighted by molar-refractivity contribution is 0.0432. The Labute approximate surface area is 149 Å². The third kappa shape index (κ3) is 4.07. The van der Waals surface area contributed by atoms with Gasteiger partial charge in [0.1, 0.15) is 11.5 Å². The summed E-state index contributed by atoms with van der Waals surface area (Å²) in [6.07, 6.45) is 2.69. The van der Waals surface area contributed by atoms with Crippen LogP contribution in [0, 0.1) is 6.92 Å². The molecule has 1 unspecified atom stereocenters. The number of hydrogen-bond acceptors (Lipinski definition) is 5. The van der Waals surface area contributed by atoms with Crippen LogP contribution in [0.2, 0.25) is 0 Å². The molecule has 1 amide bonds. The topological polar surface area (TPSA) is 51.2 Å². The average molecular weight is 348 g/mol. The van der Waals surface area contributed by atoms with Crippen LogP contribution >= 0.6 is 0 Å². The van der Waals surface area contributed by atoms with Gasteiger partial charge in [-0.05, 0) is 31.9 Å². The molecular formula is C19H28N2O4. The number of piperazine rings is 1. The number of benzene rings is 1. The molecule has 0 aromatic heterocycles. The van der Waals surface area contributed by atoms with Crippen molar-refractivity contribution in [3.8, 4) is 11.5 Å². The van der Waals surface area contributed by atoms with Crippen LogP contribution in [0.3, 0.4) is 0 Å². The first-order valence-corrected chi connectivity index (χ1v) is 8.98. The number of carbonyl (C=O) groups is 1. The maximum atomic E-state index is 12.9. The van der Waals surface area contributed by atoms with Crippen molar-refractivity contribution in [2.45, 2.75) is 25.9 Å². The van der Waals surface area contributed by atoms with Gasteiger partial charge in [-0.3, -0.25) is 9.69 Å². The molecule has 3 rings (SSSR count). The largest absolute Gasteiger partial charge is 0.496 e. The molecule has 6 heteroatoms. The molecule has 1 aromatic rings. The second-order valence-corrected chi connectivity index (χ2v) is 6.73. The summed E-state index contributed by atoms with van der Waals surface area (Å²) >= 11 is 0. The van der Waals surface area contributed by atoms with Gasteiger partial charge in [-0.2, -0.15) is 0 Å². The van der Waals surface area contributed by atoms with Gasteiger partial charge in [0, 0.05) is 50.5 Å². The quantitative estimate of drug-likeness (QED) is 0.814. The van der Waals surface area contributed by atoms with Crippen LogP contribution in [0.25, 0.3) is 0 Å². The maximum absolute atomic E-state index is 12.9. The van der Waals surface area contributed by atoms with Crippen LogP contribution in [-0.4, -0.2) is 75.4 Å². The molecule has 2 saturated heterocycles. The van der Waals surface area contributed by atoms with Crippen LogP contribution in [-0.2, 0) is 4.74 Å². The SMILES string of the molecule is COc1cc(C(=O)N2CCN(CC3CCCO3)CC2)cc(OC)c1C. The highest BCUT2D eigenvalue weighted by Crippen LogP contribution is 2.30. The first-order valence-electron chi connectivity index (χ1n) is 8.98. The number of methoxy groups -OCH3 is 2. The summed E-state index contributed by atoms with van der Waals surface area (Å²) < 4.78 is 16.5. The van der Waals surface area contributed by atoms with Crippen molar-refractivity contribution in [2.24, 2.45) is 0 Å². The minimum atomic E-state index is 0.0355. The second-order valence-electron chi connectivity index (χ2n) is 6.73. The molecule has 0 aliphatic carbocycles. The molecule has 2 aliphatic rings. The fraction of sp³-hybridized carbons (Fsp3) is 0.632. The zero-order chi connectivity index (χ0) is 17.8. The van der Waals surface area contributed by atoms with Gasteiger partial charge in [-0.25, -0.2) is 0 Å². The molecule has 0 spiro atoms. The molecule has 1 aromatic carbocycles. The number of ether oxygens (including phenoxy) is 3. The monoisotopic (exact) mass is 348 g/mol. The minimum absolute atomic E-state index is 0.0355. The molecule has 2 fully saturated rings. The Morgan fingerprint density at radius 3 is 2.32 bits per heavy atom. The fourth-order valence-electron chi connectivity index (χ4n) is 3.60. The number of nitrogens with zero attached hydrogens (tertiary/aromatic N) is 2. The Balaban J connectivity index is 1.62. The van der Waals surface area contributed by atoms with Gasteiger partial charge in [0.25, 0.3) is 5.91 Å². The highest BCUT2D eigenvalue weighted by molar-refractivity contribution is 5.95. The predicted molar refractivity (Wildman–Crippen MR) is 95.6 cm³/mol. The Kier molecular flexibility index (Phi) is 5.81. The predicted octanol–water partition coefficient (Wildman–Crippen LogP) is 1.95. The van der Waals surface area contributed by atoms with Gasteiger partial charge in [0.05, 0.1) is 20.3 Å². The molecular weight excluding hydrogens is 320 g/mol. The molecule has 2 heterocycles. The molecule has 0 N–H and O–H groups in total. The first-order chi connectivity index (χ1) is 12.1. The Morgan fingerprint density at radius 1 is 1.16 bits per heavy atom. The van der Waals surface area contributed by atoms with Crippen molar-refractivity contribution < 1.29 is 19.0 Å². The summed E-state index contributed by atoms with van der Waals surface area (Å²) in [6, 6.07) is 3.61. The Morgan fingerprint density at radius 2 is 1.80 bits per heavy atom. The van der Waals surface area contributed by atoms with Gasteiger partial charge in [0.2, 0.25) is 0 Å². The number of amides is 1. The van der Waals surface area contributed by atoms with Crippen LogP contribution < -0.4 is 9.47 Å². The Bertz CT molecular complexity index is 580. The van der Waals surface area contributed by atoms with E-state index < -0.39 is 0 Å². The smallest absolute Gasteiger partial charge is 0.254 e. The number of carbonyl (C=O) groups excluding carboxylic acids is 1. The average Bonchev–Trinajstić information content (AvgIpc) is 3.15. The van der Waals surface area contributed by atoms with E-state index in [1.54, 1.807) is 26.4 Å². The van der Waals surface area contributed by atoms with Crippen molar-refractivity contribution in [1.82, 2.24) is 9.80 Å². The number of rotatable bonds is 5. The van der Waals surface area contributed by atoms with Crippen molar-refractivity contribution >= 4 is 5.91 Å². The van der Waals surface area contributed by atoms with E-state index in [-0.39, 0.29) is 5.91 Å². The molecule has 0 radical (unpaired) electrons. The van der Waals surface area contributed by atoms with Crippen LogP contribution in [0.4, 0.5) is 0 Å². The summed E-state index contributed by atoms with van der Waals surface area (Å²) in [5.41, 5.74) is 1.52. The lowest BCUT2D eigenvalue weighted by Crippen LogP contribution is -2.50. The molecule has 25 heavy (non-hydrogen) atoms. The zero-order valence-electron chi connectivity index (χ0n) is 15.4. The normalized spacial score (nSPS) is 21.4. The summed E-state index contributed by atoms with van der Waals surface area (Å²) in [4.78, 5) is 17.2.